The summed E-state index contributed by atoms with van der Waals surface area (Å²) in [5.41, 5.74) is 0. The topological polar surface area (TPSA) is 41.0 Å². The number of rotatable bonds is 5. The average molecular weight is 248 g/mol. The maximum atomic E-state index is 4.34. The van der Waals surface area contributed by atoms with Crippen LogP contribution >= 0.6 is 0 Å². The van der Waals surface area contributed by atoms with Crippen molar-refractivity contribution in [2.75, 3.05) is 18.0 Å². The lowest BCUT2D eigenvalue weighted by molar-refractivity contribution is 0.359. The lowest BCUT2D eigenvalue weighted by Crippen LogP contribution is -2.49. The van der Waals surface area contributed by atoms with Crippen LogP contribution in [0.3, 0.4) is 0 Å². The van der Waals surface area contributed by atoms with Crippen LogP contribution in [0.15, 0.2) is 18.5 Å². The number of nitrogens with one attached hydrogen (secondary N) is 1. The van der Waals surface area contributed by atoms with Crippen molar-refractivity contribution in [2.24, 2.45) is 0 Å². The first-order valence-corrected chi connectivity index (χ1v) is 7.11. The first kappa shape index (κ1) is 13.3. The second-order valence-electron chi connectivity index (χ2n) is 5.01. The van der Waals surface area contributed by atoms with Gasteiger partial charge in [-0.15, -0.1) is 0 Å². The molecule has 2 heterocycles. The van der Waals surface area contributed by atoms with Gasteiger partial charge in [-0.05, 0) is 31.7 Å². The Bertz CT molecular complexity index is 337. The van der Waals surface area contributed by atoms with Crippen molar-refractivity contribution < 1.29 is 0 Å². The number of nitrogens with zero attached hydrogens (tertiary/aromatic N) is 3. The Kier molecular flexibility index (Phi) is 4.93. The summed E-state index contributed by atoms with van der Waals surface area (Å²) in [6.07, 6.45) is 8.53. The normalized spacial score (nSPS) is 20.4. The van der Waals surface area contributed by atoms with Crippen molar-refractivity contribution in [3.8, 4) is 0 Å². The van der Waals surface area contributed by atoms with Gasteiger partial charge in [-0.25, -0.2) is 9.97 Å². The minimum Gasteiger partial charge on any atom is -0.339 e. The van der Waals surface area contributed by atoms with Crippen molar-refractivity contribution in [3.05, 3.63) is 18.5 Å². The quantitative estimate of drug-likeness (QED) is 0.867. The molecular weight excluding hydrogens is 224 g/mol. The van der Waals surface area contributed by atoms with Gasteiger partial charge in [-0.3, -0.25) is 0 Å². The standard InChI is InChI=1S/C14H24N4/c1-3-12(4-2)17-13-7-5-10-18(11-13)14-15-8-6-9-16-14/h6,8-9,12-13,17H,3-5,7,10-11H2,1-2H3. The van der Waals surface area contributed by atoms with Crippen LogP contribution in [0.25, 0.3) is 0 Å². The summed E-state index contributed by atoms with van der Waals surface area (Å²) in [4.78, 5) is 11.0. The number of hydrogen-bond acceptors (Lipinski definition) is 4. The fourth-order valence-corrected chi connectivity index (χ4v) is 2.61. The average Bonchev–Trinajstić information content (AvgIpc) is 2.46. The summed E-state index contributed by atoms with van der Waals surface area (Å²) in [6, 6.07) is 3.09. The molecule has 0 aliphatic carbocycles. The third kappa shape index (κ3) is 3.42. The molecule has 2 rings (SSSR count). The first-order valence-electron chi connectivity index (χ1n) is 7.11. The van der Waals surface area contributed by atoms with Crippen molar-refractivity contribution in [1.82, 2.24) is 15.3 Å². The van der Waals surface area contributed by atoms with Gasteiger partial charge >= 0.3 is 0 Å². The van der Waals surface area contributed by atoms with E-state index in [4.69, 9.17) is 0 Å². The molecule has 1 atom stereocenters. The predicted octanol–water partition coefficient (Wildman–Crippen LogP) is 2.22. The van der Waals surface area contributed by atoms with Crippen LogP contribution in [0.2, 0.25) is 0 Å². The van der Waals surface area contributed by atoms with E-state index < -0.39 is 0 Å². The van der Waals surface area contributed by atoms with E-state index in [1.165, 1.54) is 25.7 Å². The molecule has 0 spiro atoms. The van der Waals surface area contributed by atoms with Crippen LogP contribution in [0.1, 0.15) is 39.5 Å². The van der Waals surface area contributed by atoms with Gasteiger partial charge in [0.1, 0.15) is 0 Å². The SMILES string of the molecule is CCC(CC)NC1CCCN(c2ncccn2)C1. The van der Waals surface area contributed by atoms with E-state index in [2.05, 4.69) is 34.0 Å². The fraction of sp³-hybridized carbons (Fsp3) is 0.714. The molecule has 100 valence electrons. The predicted molar refractivity (Wildman–Crippen MR) is 74.8 cm³/mol. The summed E-state index contributed by atoms with van der Waals surface area (Å²) in [5, 5.41) is 3.76. The van der Waals surface area contributed by atoms with Gasteiger partial charge in [0.2, 0.25) is 5.95 Å². The molecule has 0 aromatic carbocycles. The van der Waals surface area contributed by atoms with Crippen LogP contribution in [-0.4, -0.2) is 35.1 Å². The summed E-state index contributed by atoms with van der Waals surface area (Å²) in [7, 11) is 0. The molecule has 0 saturated carbocycles. The zero-order valence-electron chi connectivity index (χ0n) is 11.5. The number of anilines is 1. The summed E-state index contributed by atoms with van der Waals surface area (Å²) >= 11 is 0. The van der Waals surface area contributed by atoms with Gasteiger partial charge in [0.05, 0.1) is 0 Å². The Labute approximate surface area is 110 Å². The van der Waals surface area contributed by atoms with E-state index in [1.54, 1.807) is 0 Å². The van der Waals surface area contributed by atoms with Crippen molar-refractivity contribution in [3.63, 3.8) is 0 Å². The largest absolute Gasteiger partial charge is 0.339 e. The third-order valence-electron chi connectivity index (χ3n) is 3.71. The molecule has 4 nitrogen and oxygen atoms in total. The summed E-state index contributed by atoms with van der Waals surface area (Å²) < 4.78 is 0. The van der Waals surface area contributed by atoms with Crippen LogP contribution in [0.4, 0.5) is 5.95 Å². The molecule has 18 heavy (non-hydrogen) atoms. The molecule has 0 radical (unpaired) electrons. The van der Waals surface area contributed by atoms with E-state index in [0.29, 0.717) is 12.1 Å². The molecule has 1 fully saturated rings. The molecule has 4 heteroatoms. The van der Waals surface area contributed by atoms with E-state index in [9.17, 15) is 0 Å². The minimum atomic E-state index is 0.576. The van der Waals surface area contributed by atoms with Gasteiger partial charge in [-0.2, -0.15) is 0 Å². The zero-order chi connectivity index (χ0) is 12.8. The van der Waals surface area contributed by atoms with Gasteiger partial charge in [0, 0.05) is 37.6 Å². The van der Waals surface area contributed by atoms with E-state index >= 15 is 0 Å². The molecular formula is C14H24N4. The van der Waals surface area contributed by atoms with Crippen molar-refractivity contribution in [1.29, 1.82) is 0 Å². The van der Waals surface area contributed by atoms with E-state index in [-0.39, 0.29) is 0 Å². The second-order valence-corrected chi connectivity index (χ2v) is 5.01. The molecule has 1 aromatic heterocycles. The number of hydrogen-bond donors (Lipinski definition) is 1. The Morgan fingerprint density at radius 3 is 2.72 bits per heavy atom. The summed E-state index contributed by atoms with van der Waals surface area (Å²) in [5.74, 6) is 0.869. The highest BCUT2D eigenvalue weighted by molar-refractivity contribution is 5.29. The van der Waals surface area contributed by atoms with Gasteiger partial charge in [-0.1, -0.05) is 13.8 Å². The maximum absolute atomic E-state index is 4.34. The van der Waals surface area contributed by atoms with Crippen molar-refractivity contribution in [2.45, 2.75) is 51.6 Å². The monoisotopic (exact) mass is 248 g/mol. The number of piperidine rings is 1. The molecule has 1 N–H and O–H groups in total. The molecule has 0 bridgehead atoms. The minimum absolute atomic E-state index is 0.576. The zero-order valence-corrected chi connectivity index (χ0v) is 11.5. The van der Waals surface area contributed by atoms with Crippen LogP contribution < -0.4 is 10.2 Å². The first-order chi connectivity index (χ1) is 8.83. The summed E-state index contributed by atoms with van der Waals surface area (Å²) in [6.45, 7) is 6.61. The number of aromatic nitrogens is 2. The highest BCUT2D eigenvalue weighted by atomic mass is 15.3. The van der Waals surface area contributed by atoms with E-state index in [1.807, 2.05) is 18.5 Å². The Morgan fingerprint density at radius 1 is 1.33 bits per heavy atom. The van der Waals surface area contributed by atoms with Crippen LogP contribution in [0.5, 0.6) is 0 Å². The van der Waals surface area contributed by atoms with Gasteiger partial charge in [0.15, 0.2) is 0 Å². The van der Waals surface area contributed by atoms with Crippen LogP contribution in [0, 0.1) is 0 Å². The molecule has 1 aromatic rings. The highest BCUT2D eigenvalue weighted by Gasteiger charge is 2.22. The Balaban J connectivity index is 1.92. The molecule has 1 aliphatic rings. The Morgan fingerprint density at radius 2 is 2.06 bits per heavy atom. The Hall–Kier alpha value is -1.16. The fourth-order valence-electron chi connectivity index (χ4n) is 2.61. The molecule has 0 amide bonds. The smallest absolute Gasteiger partial charge is 0.225 e. The molecule has 1 unspecified atom stereocenters. The van der Waals surface area contributed by atoms with Gasteiger partial charge < -0.3 is 10.2 Å². The lowest BCUT2D eigenvalue weighted by atomic mass is 10.0. The highest BCUT2D eigenvalue weighted by Crippen LogP contribution is 2.16. The van der Waals surface area contributed by atoms with Crippen LogP contribution in [-0.2, 0) is 0 Å². The van der Waals surface area contributed by atoms with Crippen molar-refractivity contribution >= 4 is 5.95 Å². The lowest BCUT2D eigenvalue weighted by Gasteiger charge is -2.35. The third-order valence-corrected chi connectivity index (χ3v) is 3.71. The molecule has 1 saturated heterocycles. The molecule has 1 aliphatic heterocycles. The maximum Gasteiger partial charge on any atom is 0.225 e. The van der Waals surface area contributed by atoms with Gasteiger partial charge in [0.25, 0.3) is 0 Å². The second kappa shape index (κ2) is 6.69. The van der Waals surface area contributed by atoms with E-state index in [0.717, 1.165) is 19.0 Å².